The number of methoxy groups -OCH3 is 1. The standard InChI is InChI=1S/C22H19N5O7S.CH4/c1-11-16(35-34-33-31)10-12-6-5-9-15(17(12)18(11)32-2)24-21-25-20(26-22(30)27-21)23-14-8-4-3-7-13(14)19(28)29;/h3-10,31H,1-2H3,(H,28,29)(H3,23,24,25,26,27,30);1H4. The van der Waals surface area contributed by atoms with Gasteiger partial charge in [-0.1, -0.05) is 36.7 Å². The molecule has 4 aromatic rings. The molecule has 36 heavy (non-hydrogen) atoms. The summed E-state index contributed by atoms with van der Waals surface area (Å²) in [6.45, 7) is 1.81. The number of hydrogen-bond acceptors (Lipinski definition) is 11. The van der Waals surface area contributed by atoms with Crippen LogP contribution in [-0.2, 0) is 9.37 Å². The summed E-state index contributed by atoms with van der Waals surface area (Å²) in [4.78, 5) is 34.9. The molecule has 0 aliphatic rings. The lowest BCUT2D eigenvalue weighted by atomic mass is 10.0. The number of anilines is 4. The molecule has 1 heterocycles. The van der Waals surface area contributed by atoms with Crippen LogP contribution in [0.25, 0.3) is 10.8 Å². The lowest BCUT2D eigenvalue weighted by Crippen LogP contribution is -2.17. The molecule has 0 fully saturated rings. The molecule has 0 radical (unpaired) electrons. The fourth-order valence-corrected chi connectivity index (χ4v) is 4.01. The van der Waals surface area contributed by atoms with Crippen molar-refractivity contribution < 1.29 is 29.3 Å². The Morgan fingerprint density at radius 1 is 1.08 bits per heavy atom. The van der Waals surface area contributed by atoms with Crippen LogP contribution >= 0.6 is 12.0 Å². The Morgan fingerprint density at radius 3 is 2.56 bits per heavy atom. The fraction of sp³-hybridized carbons (Fsp3) is 0.130. The smallest absolute Gasteiger partial charge is 0.351 e. The van der Waals surface area contributed by atoms with Crippen LogP contribution in [0.1, 0.15) is 23.3 Å². The van der Waals surface area contributed by atoms with Crippen molar-refractivity contribution in [1.29, 1.82) is 0 Å². The van der Waals surface area contributed by atoms with Gasteiger partial charge in [0.25, 0.3) is 0 Å². The molecular formula is C23H23N5O7S. The van der Waals surface area contributed by atoms with Crippen molar-refractivity contribution in [3.63, 3.8) is 0 Å². The highest BCUT2D eigenvalue weighted by Crippen LogP contribution is 2.41. The number of fused-ring (bicyclic) bond motifs is 1. The maximum Gasteiger partial charge on any atom is 0.351 e. The van der Waals surface area contributed by atoms with Crippen LogP contribution in [0.3, 0.4) is 0 Å². The summed E-state index contributed by atoms with van der Waals surface area (Å²) in [7, 11) is 1.52. The average molecular weight is 514 g/mol. The van der Waals surface area contributed by atoms with E-state index in [2.05, 4.69) is 35.0 Å². The van der Waals surface area contributed by atoms with Gasteiger partial charge >= 0.3 is 11.7 Å². The third kappa shape index (κ3) is 5.55. The number of para-hydroxylation sites is 1. The summed E-state index contributed by atoms with van der Waals surface area (Å²) in [6.07, 6.45) is 0. The second kappa shape index (κ2) is 11.5. The van der Waals surface area contributed by atoms with Crippen LogP contribution in [0.2, 0.25) is 0 Å². The number of nitrogens with one attached hydrogen (secondary N) is 3. The normalized spacial score (nSPS) is 10.5. The summed E-state index contributed by atoms with van der Waals surface area (Å²) in [5, 5.41) is 28.9. The Labute approximate surface area is 209 Å². The van der Waals surface area contributed by atoms with E-state index >= 15 is 0 Å². The van der Waals surface area contributed by atoms with Gasteiger partial charge in [-0.25, -0.2) is 14.8 Å². The molecule has 1 aromatic heterocycles. The summed E-state index contributed by atoms with van der Waals surface area (Å²) in [5.41, 5.74) is 0.841. The molecule has 0 saturated heterocycles. The van der Waals surface area contributed by atoms with Gasteiger partial charge in [0.15, 0.2) is 0 Å². The minimum absolute atomic E-state index is 0. The minimum atomic E-state index is -1.14. The lowest BCUT2D eigenvalue weighted by molar-refractivity contribution is -0.432. The van der Waals surface area contributed by atoms with Crippen LogP contribution in [0, 0.1) is 6.92 Å². The van der Waals surface area contributed by atoms with E-state index in [1.807, 2.05) is 19.1 Å². The zero-order chi connectivity index (χ0) is 24.9. The Kier molecular flexibility index (Phi) is 8.45. The van der Waals surface area contributed by atoms with E-state index in [9.17, 15) is 14.7 Å². The molecule has 3 aromatic carbocycles. The molecule has 4 rings (SSSR count). The van der Waals surface area contributed by atoms with Gasteiger partial charge < -0.3 is 20.5 Å². The summed E-state index contributed by atoms with van der Waals surface area (Å²) >= 11 is 0.818. The number of aromatic carboxylic acids is 1. The number of aromatic amines is 1. The lowest BCUT2D eigenvalue weighted by Gasteiger charge is -2.16. The van der Waals surface area contributed by atoms with Gasteiger partial charge in [0.05, 0.1) is 36.1 Å². The number of nitrogens with zero attached hydrogens (tertiary/aromatic N) is 2. The molecule has 0 spiro atoms. The Morgan fingerprint density at radius 2 is 1.83 bits per heavy atom. The van der Waals surface area contributed by atoms with Crippen LogP contribution < -0.4 is 21.1 Å². The van der Waals surface area contributed by atoms with Crippen LogP contribution in [-0.4, -0.2) is 38.4 Å². The first-order valence-corrected chi connectivity index (χ1v) is 10.7. The van der Waals surface area contributed by atoms with E-state index in [4.69, 9.17) is 9.99 Å². The highest BCUT2D eigenvalue weighted by molar-refractivity contribution is 7.94. The molecule has 0 amide bonds. The number of carboxylic acids is 1. The second-order valence-corrected chi connectivity index (χ2v) is 7.83. The van der Waals surface area contributed by atoms with Gasteiger partial charge in [-0.3, -0.25) is 4.98 Å². The summed E-state index contributed by atoms with van der Waals surface area (Å²) in [6, 6.07) is 13.4. The predicted octanol–water partition coefficient (Wildman–Crippen LogP) is 4.88. The second-order valence-electron chi connectivity index (χ2n) is 7.09. The van der Waals surface area contributed by atoms with E-state index in [-0.39, 0.29) is 30.6 Å². The monoisotopic (exact) mass is 513 g/mol. The Bertz CT molecular complexity index is 1460. The number of aromatic nitrogens is 3. The molecule has 0 unspecified atom stereocenters. The number of benzene rings is 3. The molecule has 5 N–H and O–H groups in total. The molecule has 12 nitrogen and oxygen atoms in total. The van der Waals surface area contributed by atoms with Crippen LogP contribution in [0.15, 0.2) is 58.2 Å². The maximum absolute atomic E-state index is 12.2. The van der Waals surface area contributed by atoms with Crippen molar-refractivity contribution >= 4 is 52.1 Å². The quantitative estimate of drug-likeness (QED) is 0.117. The van der Waals surface area contributed by atoms with Crippen molar-refractivity contribution in [3.8, 4) is 5.75 Å². The van der Waals surface area contributed by atoms with E-state index in [0.717, 1.165) is 23.0 Å². The van der Waals surface area contributed by atoms with Crippen LogP contribution in [0.4, 0.5) is 23.3 Å². The molecule has 0 saturated carbocycles. The third-order valence-corrected chi connectivity index (χ3v) is 5.72. The first-order chi connectivity index (χ1) is 16.9. The van der Waals surface area contributed by atoms with Gasteiger partial charge in [-0.15, -0.1) is 4.33 Å². The van der Waals surface area contributed by atoms with Crippen molar-refractivity contribution in [1.82, 2.24) is 15.0 Å². The zero-order valence-corrected chi connectivity index (χ0v) is 19.2. The topological polar surface area (TPSA) is 168 Å². The number of carboxylic acid groups (broad SMARTS) is 1. The SMILES string of the molecule is C.COc1c(C)c(SOOO)cc2cccc(Nc3nc(Nc4ccccc4C(=O)O)nc(=O)[nH]3)c12. The first-order valence-electron chi connectivity index (χ1n) is 10.0. The first kappa shape index (κ1) is 26.4. The van der Waals surface area contributed by atoms with Gasteiger partial charge in [0.2, 0.25) is 11.9 Å². The van der Waals surface area contributed by atoms with Gasteiger partial charge in [-0.05, 0) is 36.6 Å². The number of rotatable bonds is 9. The van der Waals surface area contributed by atoms with Gasteiger partial charge in [0.1, 0.15) is 5.75 Å². The number of carbonyl (C=O) groups is 1. The molecule has 0 aliphatic heterocycles. The van der Waals surface area contributed by atoms with Crippen LogP contribution in [0.5, 0.6) is 5.75 Å². The zero-order valence-electron chi connectivity index (χ0n) is 18.4. The predicted molar refractivity (Wildman–Crippen MR) is 135 cm³/mol. The minimum Gasteiger partial charge on any atom is -0.496 e. The number of H-pyrrole nitrogens is 1. The number of ether oxygens (including phenoxy) is 1. The molecular weight excluding hydrogens is 490 g/mol. The van der Waals surface area contributed by atoms with Crippen molar-refractivity contribution in [3.05, 3.63) is 70.1 Å². The molecule has 188 valence electrons. The average Bonchev–Trinajstić information content (AvgIpc) is 2.83. The molecule has 0 aliphatic carbocycles. The van der Waals surface area contributed by atoms with E-state index in [1.54, 1.807) is 30.3 Å². The molecule has 0 atom stereocenters. The maximum atomic E-state index is 12.2. The van der Waals surface area contributed by atoms with E-state index in [1.165, 1.54) is 13.2 Å². The summed E-state index contributed by atoms with van der Waals surface area (Å²) < 4.78 is 10.2. The number of hydrogen-bond donors (Lipinski definition) is 5. The largest absolute Gasteiger partial charge is 0.496 e. The Hall–Kier alpha value is -4.17. The fourth-order valence-electron chi connectivity index (χ4n) is 3.52. The highest BCUT2D eigenvalue weighted by atomic mass is 32.2. The molecule has 13 heteroatoms. The van der Waals surface area contributed by atoms with Crippen molar-refractivity contribution in [2.24, 2.45) is 0 Å². The van der Waals surface area contributed by atoms with Gasteiger partial charge in [0, 0.05) is 15.8 Å². The van der Waals surface area contributed by atoms with E-state index < -0.39 is 11.7 Å². The van der Waals surface area contributed by atoms with E-state index in [0.29, 0.717) is 21.7 Å². The molecule has 0 bridgehead atoms. The van der Waals surface area contributed by atoms with Gasteiger partial charge in [-0.2, -0.15) is 9.97 Å². The van der Waals surface area contributed by atoms with Crippen molar-refractivity contribution in [2.75, 3.05) is 17.7 Å². The highest BCUT2D eigenvalue weighted by Gasteiger charge is 2.17. The summed E-state index contributed by atoms with van der Waals surface area (Å²) in [5.74, 6) is -0.626. The van der Waals surface area contributed by atoms with Crippen molar-refractivity contribution in [2.45, 2.75) is 19.2 Å². The third-order valence-electron chi connectivity index (χ3n) is 4.99. The Balaban J connectivity index is 0.00000361.